The van der Waals surface area contributed by atoms with Crippen LogP contribution >= 0.6 is 24.0 Å². The number of nitrogens with zero attached hydrogens (tertiary/aromatic N) is 1. The lowest BCUT2D eigenvalue weighted by Gasteiger charge is -2.14. The van der Waals surface area contributed by atoms with Crippen LogP contribution in [0.25, 0.3) is 0 Å². The summed E-state index contributed by atoms with van der Waals surface area (Å²) in [6.07, 6.45) is 4.47. The highest BCUT2D eigenvalue weighted by atomic mass is 32.2. The molecule has 1 N–H and O–H groups in total. The Bertz CT molecular complexity index is 351. The van der Waals surface area contributed by atoms with E-state index in [2.05, 4.69) is 12.2 Å². The highest BCUT2D eigenvalue weighted by Gasteiger charge is 2.23. The van der Waals surface area contributed by atoms with Crippen LogP contribution in [0.15, 0.2) is 0 Å². The van der Waals surface area contributed by atoms with Crippen molar-refractivity contribution in [1.29, 1.82) is 0 Å². The van der Waals surface area contributed by atoms with E-state index in [4.69, 9.17) is 17.0 Å². The quantitative estimate of drug-likeness (QED) is 0.516. The van der Waals surface area contributed by atoms with Gasteiger partial charge in [-0.15, -0.1) is 0 Å². The highest BCUT2D eigenvalue weighted by molar-refractivity contribution is 8.23. The van der Waals surface area contributed by atoms with Crippen LogP contribution in [0.3, 0.4) is 0 Å². The number of rotatable bonds is 9. The fourth-order valence-corrected chi connectivity index (χ4v) is 3.00. The number of unbranched alkanes of at least 4 members (excludes halogenated alkanes) is 3. The lowest BCUT2D eigenvalue weighted by atomic mass is 10.2. The molecule has 0 atom stereocenters. The Labute approximate surface area is 129 Å². The van der Waals surface area contributed by atoms with Gasteiger partial charge in [0.1, 0.15) is 17.5 Å². The average molecular weight is 318 g/mol. The second-order valence-corrected chi connectivity index (χ2v) is 6.29. The lowest BCUT2D eigenvalue weighted by Crippen LogP contribution is -2.35. The number of amides is 2. The van der Waals surface area contributed by atoms with Gasteiger partial charge in [0.2, 0.25) is 5.91 Å². The average Bonchev–Trinajstić information content (AvgIpc) is 2.84. The third kappa shape index (κ3) is 6.67. The van der Waals surface area contributed by atoms with E-state index in [1.54, 1.807) is 0 Å². The van der Waals surface area contributed by atoms with Crippen LogP contribution in [0, 0.1) is 0 Å². The highest BCUT2D eigenvalue weighted by Crippen LogP contribution is 2.17. The van der Waals surface area contributed by atoms with Crippen LogP contribution < -0.4 is 5.32 Å². The summed E-state index contributed by atoms with van der Waals surface area (Å²) in [4.78, 5) is 24.7. The van der Waals surface area contributed by atoms with E-state index in [1.807, 2.05) is 0 Å². The Balaban J connectivity index is 2.03. The first kappa shape index (κ1) is 17.4. The zero-order chi connectivity index (χ0) is 14.8. The fraction of sp³-hybridized carbons (Fsp3) is 0.769. The molecule has 0 unspecified atom stereocenters. The second kappa shape index (κ2) is 10.1. The predicted molar refractivity (Wildman–Crippen MR) is 84.7 cm³/mol. The summed E-state index contributed by atoms with van der Waals surface area (Å²) in [7, 11) is 0. The molecule has 0 radical (unpaired) electrons. The van der Waals surface area contributed by atoms with Crippen LogP contribution in [0.2, 0.25) is 0 Å². The largest absolute Gasteiger partial charge is 0.362 e. The Morgan fingerprint density at radius 1 is 1.35 bits per heavy atom. The third-order valence-corrected chi connectivity index (χ3v) is 4.30. The van der Waals surface area contributed by atoms with Gasteiger partial charge in [-0.1, -0.05) is 50.2 Å². The molecule has 0 saturated carbocycles. The van der Waals surface area contributed by atoms with Gasteiger partial charge in [0.25, 0.3) is 5.91 Å². The van der Waals surface area contributed by atoms with Gasteiger partial charge in [-0.2, -0.15) is 0 Å². The number of hydrogen-bond donors (Lipinski definition) is 1. The summed E-state index contributed by atoms with van der Waals surface area (Å²) in [6.45, 7) is 3.28. The molecule has 1 fully saturated rings. The van der Waals surface area contributed by atoms with E-state index in [0.29, 0.717) is 17.4 Å². The lowest BCUT2D eigenvalue weighted by molar-refractivity contribution is -0.134. The molecule has 1 heterocycles. The number of carbonyl (C=O) groups is 2. The number of ether oxygens (including phenoxy) is 1. The molecule has 20 heavy (non-hydrogen) atoms. The smallest absolute Gasteiger partial charge is 0.254 e. The molecule has 2 amide bonds. The first-order chi connectivity index (χ1) is 9.65. The molecule has 0 bridgehead atoms. The maximum atomic E-state index is 11.7. The first-order valence-electron chi connectivity index (χ1n) is 6.96. The van der Waals surface area contributed by atoms with Gasteiger partial charge < -0.3 is 10.1 Å². The Hall–Kier alpha value is -0.660. The van der Waals surface area contributed by atoms with Crippen molar-refractivity contribution in [1.82, 2.24) is 10.2 Å². The number of thiocarbonyl (C=S) groups is 1. The van der Waals surface area contributed by atoms with Crippen molar-refractivity contribution < 1.29 is 14.3 Å². The molecule has 0 aromatic carbocycles. The summed E-state index contributed by atoms with van der Waals surface area (Å²) in [5.74, 6) is 0.492. The van der Waals surface area contributed by atoms with Crippen LogP contribution in [-0.2, 0) is 14.3 Å². The van der Waals surface area contributed by atoms with E-state index in [-0.39, 0.29) is 25.0 Å². The van der Waals surface area contributed by atoms with Gasteiger partial charge in [0, 0.05) is 18.8 Å². The van der Waals surface area contributed by atoms with E-state index in [0.717, 1.165) is 18.6 Å². The van der Waals surface area contributed by atoms with Gasteiger partial charge >= 0.3 is 0 Å². The van der Waals surface area contributed by atoms with Gasteiger partial charge in [-0.25, -0.2) is 0 Å². The molecule has 1 saturated heterocycles. The molecule has 114 valence electrons. The summed E-state index contributed by atoms with van der Waals surface area (Å²) in [5.41, 5.74) is 0. The molecule has 1 aliphatic heterocycles. The Morgan fingerprint density at radius 3 is 2.80 bits per heavy atom. The second-order valence-electron chi connectivity index (χ2n) is 4.56. The topological polar surface area (TPSA) is 58.6 Å². The van der Waals surface area contributed by atoms with Gasteiger partial charge in [-0.05, 0) is 6.42 Å². The summed E-state index contributed by atoms with van der Waals surface area (Å²) in [5, 5.41) is 2.77. The van der Waals surface area contributed by atoms with Crippen molar-refractivity contribution in [3.05, 3.63) is 0 Å². The zero-order valence-electron chi connectivity index (χ0n) is 11.9. The molecule has 0 aliphatic carbocycles. The van der Waals surface area contributed by atoms with Crippen molar-refractivity contribution in [2.45, 2.75) is 32.6 Å². The molecule has 1 rings (SSSR count). The summed E-state index contributed by atoms with van der Waals surface area (Å²) in [6, 6.07) is 0. The number of carbonyl (C=O) groups excluding carboxylic acids is 2. The fourth-order valence-electron chi connectivity index (χ4n) is 1.76. The molecule has 5 nitrogen and oxygen atoms in total. The summed E-state index contributed by atoms with van der Waals surface area (Å²) < 4.78 is 5.72. The molecular weight excluding hydrogens is 296 g/mol. The minimum absolute atomic E-state index is 0.0761. The van der Waals surface area contributed by atoms with Gasteiger partial charge in [-0.3, -0.25) is 14.5 Å². The monoisotopic (exact) mass is 318 g/mol. The zero-order valence-corrected chi connectivity index (χ0v) is 13.5. The maximum absolute atomic E-state index is 11.7. The summed E-state index contributed by atoms with van der Waals surface area (Å²) >= 11 is 6.54. The predicted octanol–water partition coefficient (Wildman–Crippen LogP) is 1.56. The maximum Gasteiger partial charge on any atom is 0.254 e. The van der Waals surface area contributed by atoms with Gasteiger partial charge in [0.15, 0.2) is 0 Å². The van der Waals surface area contributed by atoms with Crippen LogP contribution in [-0.4, -0.2) is 53.1 Å². The molecule has 0 aromatic heterocycles. The molecule has 0 spiro atoms. The first-order valence-corrected chi connectivity index (χ1v) is 8.36. The van der Waals surface area contributed by atoms with E-state index < -0.39 is 0 Å². The van der Waals surface area contributed by atoms with Gasteiger partial charge in [0.05, 0.1) is 0 Å². The molecule has 7 heteroatoms. The minimum atomic E-state index is -0.173. The standard InChI is InChI=1S/C13H22N2O3S2/c1-2-3-4-5-6-14-11(16)9-18-10-12(17)15-7-8-20-13(15)19/h2-10H2,1H3,(H,14,16). The Morgan fingerprint density at radius 2 is 2.15 bits per heavy atom. The SMILES string of the molecule is CCCCCCNC(=O)COCC(=O)N1CCSC1=S. The van der Waals surface area contributed by atoms with E-state index in [1.165, 1.54) is 29.5 Å². The van der Waals surface area contributed by atoms with Crippen LogP contribution in [0.4, 0.5) is 0 Å². The number of nitrogens with one attached hydrogen (secondary N) is 1. The third-order valence-electron chi connectivity index (χ3n) is 2.87. The number of hydrogen-bond acceptors (Lipinski definition) is 5. The molecule has 0 aromatic rings. The Kier molecular flexibility index (Phi) is 8.80. The van der Waals surface area contributed by atoms with Crippen molar-refractivity contribution >= 4 is 40.1 Å². The van der Waals surface area contributed by atoms with Crippen LogP contribution in [0.5, 0.6) is 0 Å². The van der Waals surface area contributed by atoms with Crippen molar-refractivity contribution in [3.63, 3.8) is 0 Å². The molecular formula is C13H22N2O3S2. The minimum Gasteiger partial charge on any atom is -0.362 e. The number of thioether (sulfide) groups is 1. The van der Waals surface area contributed by atoms with Crippen LogP contribution in [0.1, 0.15) is 32.6 Å². The van der Waals surface area contributed by atoms with E-state index in [9.17, 15) is 9.59 Å². The molecule has 1 aliphatic rings. The van der Waals surface area contributed by atoms with Crippen molar-refractivity contribution in [3.8, 4) is 0 Å². The van der Waals surface area contributed by atoms with Crippen molar-refractivity contribution in [2.24, 2.45) is 0 Å². The van der Waals surface area contributed by atoms with Crippen molar-refractivity contribution in [2.75, 3.05) is 32.1 Å². The van der Waals surface area contributed by atoms with E-state index >= 15 is 0 Å². The normalized spacial score (nSPS) is 14.7.